The van der Waals surface area contributed by atoms with Gasteiger partial charge in [-0.3, -0.25) is 9.69 Å². The topological polar surface area (TPSA) is 54.9 Å². The van der Waals surface area contributed by atoms with Gasteiger partial charge in [0.15, 0.2) is 0 Å². The summed E-state index contributed by atoms with van der Waals surface area (Å²) in [5.74, 6) is 2.18. The zero-order valence-corrected chi connectivity index (χ0v) is 19.1. The molecular formula is C25H29N3O3S. The second-order valence-corrected chi connectivity index (χ2v) is 9.51. The smallest absolute Gasteiger partial charge is 0.279 e. The number of fused-ring (bicyclic) bond motifs is 1. The van der Waals surface area contributed by atoms with Crippen molar-refractivity contribution in [3.8, 4) is 16.7 Å². The Kier molecular flexibility index (Phi) is 6.55. The number of ether oxygens (including phenoxy) is 2. The van der Waals surface area contributed by atoms with E-state index < -0.39 is 0 Å². The molecule has 0 saturated carbocycles. The Hall–Kier alpha value is -2.64. The lowest BCUT2D eigenvalue weighted by atomic mass is 9.95. The molecule has 0 spiro atoms. The summed E-state index contributed by atoms with van der Waals surface area (Å²) in [5, 5.41) is 0.645. The Morgan fingerprint density at radius 3 is 2.44 bits per heavy atom. The number of hydrogen-bond acceptors (Lipinski definition) is 6. The van der Waals surface area contributed by atoms with Gasteiger partial charge in [-0.05, 0) is 75.2 Å². The molecule has 0 aliphatic carbocycles. The minimum absolute atomic E-state index is 0.216. The Balaban J connectivity index is 1.04. The van der Waals surface area contributed by atoms with Gasteiger partial charge in [0, 0.05) is 25.6 Å². The highest BCUT2D eigenvalue weighted by Gasteiger charge is 2.29. The quantitative estimate of drug-likeness (QED) is 0.516. The molecule has 5 rings (SSSR count). The number of rotatable bonds is 7. The van der Waals surface area contributed by atoms with E-state index in [0.717, 1.165) is 80.1 Å². The minimum Gasteiger partial charge on any atom is -0.492 e. The summed E-state index contributed by atoms with van der Waals surface area (Å²) in [4.78, 5) is 21.5. The van der Waals surface area contributed by atoms with E-state index >= 15 is 0 Å². The number of likely N-dealkylation sites (tertiary alicyclic amines) is 2. The van der Waals surface area contributed by atoms with E-state index in [1.54, 1.807) is 11.3 Å². The monoisotopic (exact) mass is 451 g/mol. The van der Waals surface area contributed by atoms with Crippen molar-refractivity contribution in [3.63, 3.8) is 0 Å². The van der Waals surface area contributed by atoms with Crippen LogP contribution in [0.5, 0.6) is 16.7 Å². The highest BCUT2D eigenvalue weighted by molar-refractivity contribution is 7.20. The second kappa shape index (κ2) is 9.88. The Labute approximate surface area is 192 Å². The van der Waals surface area contributed by atoms with Crippen molar-refractivity contribution in [1.82, 2.24) is 14.8 Å². The largest absolute Gasteiger partial charge is 0.492 e. The number of amides is 1. The summed E-state index contributed by atoms with van der Waals surface area (Å²) in [5.41, 5.74) is 0.955. The molecule has 7 heteroatoms. The molecule has 0 N–H and O–H groups in total. The van der Waals surface area contributed by atoms with Crippen LogP contribution in [0.25, 0.3) is 10.2 Å². The molecule has 168 valence electrons. The second-order valence-electron chi connectivity index (χ2n) is 8.52. The predicted molar refractivity (Wildman–Crippen MR) is 127 cm³/mol. The van der Waals surface area contributed by atoms with E-state index in [1.165, 1.54) is 0 Å². The highest BCUT2D eigenvalue weighted by atomic mass is 32.1. The zero-order chi connectivity index (χ0) is 21.8. The van der Waals surface area contributed by atoms with Crippen molar-refractivity contribution >= 4 is 27.5 Å². The first-order valence-corrected chi connectivity index (χ1v) is 12.3. The molecule has 2 saturated heterocycles. The molecule has 3 heterocycles. The number of thiazole rings is 1. The first-order chi connectivity index (χ1) is 15.7. The van der Waals surface area contributed by atoms with Crippen molar-refractivity contribution in [3.05, 3.63) is 48.5 Å². The standard InChI is InChI=1S/C25H29N3O3S/c29-24(28-13-3-4-14-28)19-11-15-27(16-12-19)17-18-30-20-7-9-21(10-8-20)31-25-26-22-5-1-2-6-23(22)32-25/h1-2,5-10,19H,3-4,11-18H2. The molecule has 0 bridgehead atoms. The molecule has 0 atom stereocenters. The van der Waals surface area contributed by atoms with Crippen LogP contribution in [0.1, 0.15) is 25.7 Å². The number of benzene rings is 2. The van der Waals surface area contributed by atoms with E-state index in [1.807, 2.05) is 48.5 Å². The van der Waals surface area contributed by atoms with E-state index in [4.69, 9.17) is 9.47 Å². The van der Waals surface area contributed by atoms with Gasteiger partial charge in [-0.25, -0.2) is 4.98 Å². The molecule has 3 aromatic rings. The molecule has 2 fully saturated rings. The normalized spacial score (nSPS) is 17.7. The van der Waals surface area contributed by atoms with E-state index in [0.29, 0.717) is 17.7 Å². The maximum Gasteiger partial charge on any atom is 0.279 e. The van der Waals surface area contributed by atoms with E-state index in [2.05, 4.69) is 14.8 Å². The molecule has 2 aliphatic heterocycles. The maximum absolute atomic E-state index is 12.6. The third-order valence-corrected chi connectivity index (χ3v) is 7.25. The van der Waals surface area contributed by atoms with Gasteiger partial charge in [0.05, 0.1) is 10.2 Å². The molecule has 1 aromatic heterocycles. The van der Waals surface area contributed by atoms with Crippen LogP contribution < -0.4 is 9.47 Å². The van der Waals surface area contributed by atoms with Crippen molar-refractivity contribution < 1.29 is 14.3 Å². The summed E-state index contributed by atoms with van der Waals surface area (Å²) >= 11 is 1.54. The Bertz CT molecular complexity index is 1010. The van der Waals surface area contributed by atoms with Crippen molar-refractivity contribution in [2.75, 3.05) is 39.3 Å². The highest BCUT2D eigenvalue weighted by Crippen LogP contribution is 2.31. The average Bonchev–Trinajstić information content (AvgIpc) is 3.50. The van der Waals surface area contributed by atoms with Gasteiger partial charge in [-0.15, -0.1) is 0 Å². The number of nitrogens with zero attached hydrogens (tertiary/aromatic N) is 3. The molecule has 0 unspecified atom stereocenters. The van der Waals surface area contributed by atoms with Gasteiger partial charge in [0.25, 0.3) is 5.19 Å². The molecular weight excluding hydrogens is 422 g/mol. The third kappa shape index (κ3) is 5.05. The fraction of sp³-hybridized carbons (Fsp3) is 0.440. The maximum atomic E-state index is 12.6. The van der Waals surface area contributed by atoms with Crippen LogP contribution in [0, 0.1) is 5.92 Å². The summed E-state index contributed by atoms with van der Waals surface area (Å²) in [6, 6.07) is 15.7. The first-order valence-electron chi connectivity index (χ1n) is 11.5. The van der Waals surface area contributed by atoms with Crippen molar-refractivity contribution in [2.45, 2.75) is 25.7 Å². The van der Waals surface area contributed by atoms with Crippen molar-refractivity contribution in [2.24, 2.45) is 5.92 Å². The molecule has 6 nitrogen and oxygen atoms in total. The number of carbonyl (C=O) groups is 1. The van der Waals surface area contributed by atoms with E-state index in [9.17, 15) is 4.79 Å². The average molecular weight is 452 g/mol. The fourth-order valence-electron chi connectivity index (χ4n) is 4.49. The van der Waals surface area contributed by atoms with Gasteiger partial charge >= 0.3 is 0 Å². The van der Waals surface area contributed by atoms with Crippen LogP contribution >= 0.6 is 11.3 Å². The van der Waals surface area contributed by atoms with Crippen LogP contribution in [0.4, 0.5) is 0 Å². The SMILES string of the molecule is O=C(C1CCN(CCOc2ccc(Oc3nc4ccccc4s3)cc2)CC1)N1CCCC1. The van der Waals surface area contributed by atoms with Crippen LogP contribution in [-0.4, -0.2) is 60.0 Å². The van der Waals surface area contributed by atoms with Crippen LogP contribution in [0.3, 0.4) is 0 Å². The number of para-hydroxylation sites is 1. The summed E-state index contributed by atoms with van der Waals surface area (Å²) in [6.45, 7) is 5.39. The lowest BCUT2D eigenvalue weighted by Crippen LogP contribution is -2.42. The molecule has 0 radical (unpaired) electrons. The fourth-order valence-corrected chi connectivity index (χ4v) is 5.33. The number of aromatic nitrogens is 1. The van der Waals surface area contributed by atoms with Crippen LogP contribution in [0.2, 0.25) is 0 Å². The van der Waals surface area contributed by atoms with Gasteiger partial charge in [-0.1, -0.05) is 23.5 Å². The lowest BCUT2D eigenvalue weighted by Gasteiger charge is -2.33. The third-order valence-electron chi connectivity index (χ3n) is 6.33. The summed E-state index contributed by atoms with van der Waals surface area (Å²) < 4.78 is 12.9. The lowest BCUT2D eigenvalue weighted by molar-refractivity contribution is -0.136. The Morgan fingerprint density at radius 1 is 0.969 bits per heavy atom. The summed E-state index contributed by atoms with van der Waals surface area (Å²) in [6.07, 6.45) is 4.26. The number of hydrogen-bond donors (Lipinski definition) is 0. The van der Waals surface area contributed by atoms with Crippen LogP contribution in [-0.2, 0) is 4.79 Å². The Morgan fingerprint density at radius 2 is 1.69 bits per heavy atom. The molecule has 32 heavy (non-hydrogen) atoms. The summed E-state index contributed by atoms with van der Waals surface area (Å²) in [7, 11) is 0. The van der Waals surface area contributed by atoms with Gasteiger partial charge < -0.3 is 14.4 Å². The van der Waals surface area contributed by atoms with Crippen LogP contribution in [0.15, 0.2) is 48.5 Å². The van der Waals surface area contributed by atoms with Gasteiger partial charge in [0.1, 0.15) is 18.1 Å². The first kappa shape index (κ1) is 21.2. The minimum atomic E-state index is 0.216. The predicted octanol–water partition coefficient (Wildman–Crippen LogP) is 4.80. The molecule has 1 amide bonds. The van der Waals surface area contributed by atoms with Crippen molar-refractivity contribution in [1.29, 1.82) is 0 Å². The van der Waals surface area contributed by atoms with E-state index in [-0.39, 0.29) is 5.92 Å². The molecule has 2 aliphatic rings. The zero-order valence-electron chi connectivity index (χ0n) is 18.2. The number of carbonyl (C=O) groups excluding carboxylic acids is 1. The molecule has 2 aromatic carbocycles. The van der Waals surface area contributed by atoms with Gasteiger partial charge in [0.2, 0.25) is 5.91 Å². The number of piperidine rings is 1. The van der Waals surface area contributed by atoms with Gasteiger partial charge in [-0.2, -0.15) is 0 Å².